The highest BCUT2D eigenvalue weighted by Gasteiger charge is 2.24. The van der Waals surface area contributed by atoms with Gasteiger partial charge in [-0.2, -0.15) is 11.8 Å². The Balaban J connectivity index is 1.54. The average molecular weight is 451 g/mol. The molecule has 2 unspecified atom stereocenters. The van der Waals surface area contributed by atoms with Gasteiger partial charge >= 0.3 is 0 Å². The van der Waals surface area contributed by atoms with Gasteiger partial charge in [0.2, 0.25) is 0 Å². The molecule has 0 heterocycles. The van der Waals surface area contributed by atoms with Gasteiger partial charge in [-0.25, -0.2) is 0 Å². The molecular weight excluding hydrogens is 416 g/mol. The van der Waals surface area contributed by atoms with Crippen LogP contribution in [-0.2, 0) is 18.6 Å². The summed E-state index contributed by atoms with van der Waals surface area (Å²) >= 11 is 2.08. The van der Waals surface area contributed by atoms with Gasteiger partial charge in [0, 0.05) is 5.75 Å². The summed E-state index contributed by atoms with van der Waals surface area (Å²) in [6.07, 6.45) is 3.42. The Hall–Kier alpha value is -2.77. The molecule has 0 amide bonds. The number of rotatable bonds is 11. The van der Waals surface area contributed by atoms with Crippen molar-refractivity contribution < 1.29 is 0 Å². The molecule has 0 aliphatic rings. The molecule has 0 bridgehead atoms. The van der Waals surface area contributed by atoms with Gasteiger partial charge < -0.3 is 0 Å². The molecule has 0 aliphatic carbocycles. The first-order valence-corrected chi connectivity index (χ1v) is 13.2. The lowest BCUT2D eigenvalue weighted by Gasteiger charge is -2.28. The quantitative estimate of drug-likeness (QED) is 0.221. The van der Waals surface area contributed by atoms with E-state index in [0.717, 1.165) is 24.3 Å². The molecule has 1 heteroatoms. The van der Waals surface area contributed by atoms with Gasteiger partial charge in [-0.15, -0.1) is 0 Å². The van der Waals surface area contributed by atoms with Gasteiger partial charge in [-0.05, 0) is 66.0 Å². The van der Waals surface area contributed by atoms with Crippen LogP contribution in [0.1, 0.15) is 40.2 Å². The van der Waals surface area contributed by atoms with Crippen molar-refractivity contribution in [2.45, 2.75) is 37.9 Å². The summed E-state index contributed by atoms with van der Waals surface area (Å²) in [5.41, 5.74) is 7.11. The van der Waals surface area contributed by atoms with Crippen molar-refractivity contribution in [3.05, 3.63) is 143 Å². The Morgan fingerprint density at radius 2 is 1.18 bits per heavy atom. The molecule has 0 aliphatic heterocycles. The molecular formula is C32H34S. The van der Waals surface area contributed by atoms with Crippen LogP contribution in [0.2, 0.25) is 0 Å². The van der Waals surface area contributed by atoms with Crippen molar-refractivity contribution in [1.82, 2.24) is 0 Å². The van der Waals surface area contributed by atoms with Crippen LogP contribution in [0.5, 0.6) is 0 Å². The zero-order chi connectivity index (χ0) is 22.7. The van der Waals surface area contributed by atoms with E-state index in [9.17, 15) is 0 Å². The van der Waals surface area contributed by atoms with Crippen LogP contribution in [0, 0.1) is 12.8 Å². The van der Waals surface area contributed by atoms with Gasteiger partial charge in [0.15, 0.2) is 0 Å². The van der Waals surface area contributed by atoms with E-state index in [1.165, 1.54) is 34.2 Å². The second-order valence-corrected chi connectivity index (χ2v) is 10.0. The Morgan fingerprint density at radius 3 is 1.82 bits per heavy atom. The summed E-state index contributed by atoms with van der Waals surface area (Å²) in [5, 5.41) is 0. The number of hydrogen-bond donors (Lipinski definition) is 0. The minimum atomic E-state index is 0.538. The minimum Gasteiger partial charge on any atom is -0.157 e. The third kappa shape index (κ3) is 7.37. The molecule has 33 heavy (non-hydrogen) atoms. The molecule has 0 fully saturated rings. The summed E-state index contributed by atoms with van der Waals surface area (Å²) < 4.78 is 0. The van der Waals surface area contributed by atoms with Gasteiger partial charge in [0.05, 0.1) is 0 Å². The lowest BCUT2D eigenvalue weighted by Crippen LogP contribution is -2.19. The fourth-order valence-electron chi connectivity index (χ4n) is 4.59. The average Bonchev–Trinajstić information content (AvgIpc) is 2.87. The van der Waals surface area contributed by atoms with E-state index in [-0.39, 0.29) is 0 Å². The summed E-state index contributed by atoms with van der Waals surface area (Å²) in [4.78, 5) is 0. The van der Waals surface area contributed by atoms with E-state index in [0.29, 0.717) is 11.8 Å². The van der Waals surface area contributed by atoms with Crippen LogP contribution >= 0.6 is 11.8 Å². The van der Waals surface area contributed by atoms with Crippen molar-refractivity contribution in [2.24, 2.45) is 5.92 Å². The van der Waals surface area contributed by atoms with E-state index in [2.05, 4.69) is 134 Å². The SMILES string of the molecule is Cc1ccc(CCC(c2ccccc2)C(CSCc2ccccc2)Cc2ccccc2)cc1. The molecule has 4 aromatic carbocycles. The lowest BCUT2D eigenvalue weighted by atomic mass is 9.79. The van der Waals surface area contributed by atoms with Gasteiger partial charge in [0.1, 0.15) is 0 Å². The van der Waals surface area contributed by atoms with Crippen LogP contribution in [-0.4, -0.2) is 5.75 Å². The van der Waals surface area contributed by atoms with Crippen LogP contribution in [0.3, 0.4) is 0 Å². The van der Waals surface area contributed by atoms with Crippen molar-refractivity contribution >= 4 is 11.8 Å². The maximum absolute atomic E-state index is 2.33. The van der Waals surface area contributed by atoms with Crippen molar-refractivity contribution in [3.63, 3.8) is 0 Å². The zero-order valence-corrected chi connectivity index (χ0v) is 20.4. The number of hydrogen-bond acceptors (Lipinski definition) is 1. The predicted molar refractivity (Wildman–Crippen MR) is 145 cm³/mol. The number of thioether (sulfide) groups is 1. The summed E-state index contributed by atoms with van der Waals surface area (Å²) in [5.74, 6) is 3.37. The standard InChI is InChI=1S/C32H34S/c1-26-17-19-27(20-18-26)21-22-32(30-15-9-4-10-16-30)31(23-28-11-5-2-6-12-28)25-33-24-29-13-7-3-8-14-29/h2-20,31-32H,21-25H2,1H3. The van der Waals surface area contributed by atoms with Crippen molar-refractivity contribution in [3.8, 4) is 0 Å². The molecule has 0 radical (unpaired) electrons. The normalized spacial score (nSPS) is 12.9. The largest absolute Gasteiger partial charge is 0.157 e. The second-order valence-electron chi connectivity index (χ2n) is 8.99. The maximum atomic E-state index is 2.33. The Labute approximate surface area is 204 Å². The monoisotopic (exact) mass is 450 g/mol. The van der Waals surface area contributed by atoms with E-state index in [4.69, 9.17) is 0 Å². The third-order valence-electron chi connectivity index (χ3n) is 6.45. The van der Waals surface area contributed by atoms with E-state index >= 15 is 0 Å². The molecule has 4 rings (SSSR count). The zero-order valence-electron chi connectivity index (χ0n) is 19.6. The van der Waals surface area contributed by atoms with Crippen LogP contribution in [0.25, 0.3) is 0 Å². The first-order valence-electron chi connectivity index (χ1n) is 12.0. The highest BCUT2D eigenvalue weighted by Crippen LogP contribution is 2.35. The molecule has 0 saturated carbocycles. The fraction of sp³-hybridized carbons (Fsp3) is 0.250. The van der Waals surface area contributed by atoms with Crippen molar-refractivity contribution in [2.75, 3.05) is 5.75 Å². The first-order chi connectivity index (χ1) is 16.3. The van der Waals surface area contributed by atoms with E-state index < -0.39 is 0 Å². The summed E-state index contributed by atoms with van der Waals surface area (Å²) in [7, 11) is 0. The Morgan fingerprint density at radius 1 is 0.606 bits per heavy atom. The topological polar surface area (TPSA) is 0 Å². The van der Waals surface area contributed by atoms with Gasteiger partial charge in [-0.1, -0.05) is 121 Å². The maximum Gasteiger partial charge on any atom is 0.0184 e. The van der Waals surface area contributed by atoms with Crippen LogP contribution < -0.4 is 0 Å². The molecule has 168 valence electrons. The molecule has 0 N–H and O–H groups in total. The van der Waals surface area contributed by atoms with Crippen molar-refractivity contribution in [1.29, 1.82) is 0 Å². The summed E-state index contributed by atoms with van der Waals surface area (Å²) in [6, 6.07) is 42.2. The Bertz CT molecular complexity index is 1060. The minimum absolute atomic E-state index is 0.538. The molecule has 0 aromatic heterocycles. The van der Waals surface area contributed by atoms with Crippen LogP contribution in [0.4, 0.5) is 0 Å². The molecule has 2 atom stereocenters. The first kappa shape index (κ1) is 23.4. The van der Waals surface area contributed by atoms with Gasteiger partial charge in [-0.3, -0.25) is 0 Å². The fourth-order valence-corrected chi connectivity index (χ4v) is 5.79. The molecule has 0 saturated heterocycles. The van der Waals surface area contributed by atoms with E-state index in [1.807, 2.05) is 0 Å². The Kier molecular flexibility index (Phi) is 8.83. The molecule has 0 spiro atoms. The summed E-state index contributed by atoms with van der Waals surface area (Å²) in [6.45, 7) is 2.16. The smallest absolute Gasteiger partial charge is 0.0184 e. The molecule has 4 aromatic rings. The predicted octanol–water partition coefficient (Wildman–Crippen LogP) is 8.50. The number of benzene rings is 4. The molecule has 0 nitrogen and oxygen atoms in total. The van der Waals surface area contributed by atoms with E-state index in [1.54, 1.807) is 0 Å². The van der Waals surface area contributed by atoms with Crippen LogP contribution in [0.15, 0.2) is 115 Å². The second kappa shape index (κ2) is 12.5. The lowest BCUT2D eigenvalue weighted by molar-refractivity contribution is 0.438. The number of aryl methyl sites for hydroxylation is 2. The highest BCUT2D eigenvalue weighted by molar-refractivity contribution is 7.98. The van der Waals surface area contributed by atoms with Gasteiger partial charge in [0.25, 0.3) is 0 Å². The third-order valence-corrected chi connectivity index (χ3v) is 7.65. The highest BCUT2D eigenvalue weighted by atomic mass is 32.2.